The first kappa shape index (κ1) is 15.5. The lowest BCUT2D eigenvalue weighted by molar-refractivity contribution is -0.385. The number of halogens is 3. The molecule has 0 radical (unpaired) electrons. The zero-order chi connectivity index (χ0) is 14.6. The summed E-state index contributed by atoms with van der Waals surface area (Å²) in [6.45, 7) is 2.11. The van der Waals surface area contributed by atoms with Gasteiger partial charge in [0, 0.05) is 11.9 Å². The Morgan fingerprint density at radius 3 is 2.58 bits per heavy atom. The summed E-state index contributed by atoms with van der Waals surface area (Å²) < 4.78 is 26.0. The van der Waals surface area contributed by atoms with Gasteiger partial charge in [-0.15, -0.1) is 0 Å². The fraction of sp³-hybridized carbons (Fsp3) is 0.364. The molecule has 0 fully saturated rings. The highest BCUT2D eigenvalue weighted by molar-refractivity contribution is 9.09. The van der Waals surface area contributed by atoms with E-state index in [0.29, 0.717) is 17.5 Å². The van der Waals surface area contributed by atoms with Gasteiger partial charge in [-0.25, -0.2) is 8.78 Å². The third-order valence-electron chi connectivity index (χ3n) is 2.35. The number of carbonyl (C=O) groups excluding carboxylic acids is 1. The lowest BCUT2D eigenvalue weighted by Crippen LogP contribution is -2.29. The molecule has 1 atom stereocenters. The van der Waals surface area contributed by atoms with Crippen LogP contribution in [0, 0.1) is 27.7 Å². The average Bonchev–Trinajstić information content (AvgIpc) is 2.37. The Kier molecular flexibility index (Phi) is 5.34. The number of hydrogen-bond donors (Lipinski definition) is 1. The summed E-state index contributed by atoms with van der Waals surface area (Å²) in [4.78, 5) is 21.5. The SMILES string of the molecule is CC(CBr)CNC(=O)c1cc(F)c(F)cc1[N+](=O)[O-]. The lowest BCUT2D eigenvalue weighted by atomic mass is 10.1. The molecule has 5 nitrogen and oxygen atoms in total. The highest BCUT2D eigenvalue weighted by Gasteiger charge is 2.23. The van der Waals surface area contributed by atoms with Gasteiger partial charge in [-0.05, 0) is 12.0 Å². The van der Waals surface area contributed by atoms with Gasteiger partial charge in [0.15, 0.2) is 11.6 Å². The molecule has 0 aliphatic rings. The van der Waals surface area contributed by atoms with E-state index < -0.39 is 33.7 Å². The molecule has 1 amide bonds. The fourth-order valence-electron chi connectivity index (χ4n) is 1.29. The summed E-state index contributed by atoms with van der Waals surface area (Å²) in [5.74, 6) is -3.37. The average molecular weight is 337 g/mol. The molecule has 0 bridgehead atoms. The standard InChI is InChI=1S/C11H11BrF2N2O3/c1-6(4-12)5-15-11(17)7-2-8(13)9(14)3-10(7)16(18)19/h2-3,6H,4-5H2,1H3,(H,15,17). The lowest BCUT2D eigenvalue weighted by Gasteiger charge is -2.10. The van der Waals surface area contributed by atoms with Crippen LogP contribution in [0.1, 0.15) is 17.3 Å². The molecule has 0 aromatic heterocycles. The number of benzene rings is 1. The second kappa shape index (κ2) is 6.55. The molecule has 0 saturated carbocycles. The molecular weight excluding hydrogens is 326 g/mol. The monoisotopic (exact) mass is 336 g/mol. The van der Waals surface area contributed by atoms with Crippen molar-refractivity contribution in [1.29, 1.82) is 0 Å². The summed E-state index contributed by atoms with van der Waals surface area (Å²) in [5.41, 5.74) is -1.26. The first-order chi connectivity index (χ1) is 8.86. The van der Waals surface area contributed by atoms with Crippen LogP contribution < -0.4 is 5.32 Å². The van der Waals surface area contributed by atoms with Crippen molar-refractivity contribution in [2.24, 2.45) is 5.92 Å². The van der Waals surface area contributed by atoms with Crippen LogP contribution in [0.4, 0.5) is 14.5 Å². The summed E-state index contributed by atoms with van der Waals surface area (Å²) in [6.07, 6.45) is 0. The Morgan fingerprint density at radius 2 is 2.05 bits per heavy atom. The first-order valence-electron chi connectivity index (χ1n) is 5.34. The smallest absolute Gasteiger partial charge is 0.285 e. The number of nitrogens with zero attached hydrogens (tertiary/aromatic N) is 1. The Labute approximate surface area is 116 Å². The number of carbonyl (C=O) groups is 1. The van der Waals surface area contributed by atoms with Crippen molar-refractivity contribution in [2.75, 3.05) is 11.9 Å². The van der Waals surface area contributed by atoms with E-state index in [-0.39, 0.29) is 12.5 Å². The van der Waals surface area contributed by atoms with Crippen LogP contribution in [0.15, 0.2) is 12.1 Å². The van der Waals surface area contributed by atoms with Gasteiger partial charge in [0.25, 0.3) is 11.6 Å². The Bertz CT molecular complexity index is 511. The second-order valence-electron chi connectivity index (χ2n) is 4.01. The second-order valence-corrected chi connectivity index (χ2v) is 4.66. The number of amides is 1. The predicted octanol–water partition coefficient (Wildman–Crippen LogP) is 2.63. The van der Waals surface area contributed by atoms with Crippen molar-refractivity contribution in [3.63, 3.8) is 0 Å². The van der Waals surface area contributed by atoms with E-state index in [1.54, 1.807) is 0 Å². The molecule has 8 heteroatoms. The van der Waals surface area contributed by atoms with Crippen molar-refractivity contribution >= 4 is 27.5 Å². The predicted molar refractivity (Wildman–Crippen MR) is 68.3 cm³/mol. The maximum absolute atomic E-state index is 13.1. The summed E-state index contributed by atoms with van der Waals surface area (Å²) in [5, 5.41) is 13.8. The minimum atomic E-state index is -1.36. The van der Waals surface area contributed by atoms with E-state index in [1.165, 1.54) is 0 Å². The first-order valence-corrected chi connectivity index (χ1v) is 6.46. The molecule has 1 unspecified atom stereocenters. The number of nitrogens with one attached hydrogen (secondary N) is 1. The van der Waals surface area contributed by atoms with Crippen LogP contribution in [0.2, 0.25) is 0 Å². The highest BCUT2D eigenvalue weighted by Crippen LogP contribution is 2.22. The summed E-state index contributed by atoms with van der Waals surface area (Å²) >= 11 is 3.21. The van der Waals surface area contributed by atoms with Gasteiger partial charge < -0.3 is 5.32 Å². The van der Waals surface area contributed by atoms with Gasteiger partial charge in [0.1, 0.15) is 5.56 Å². The minimum absolute atomic E-state index is 0.105. The molecular formula is C11H11BrF2N2O3. The summed E-state index contributed by atoms with van der Waals surface area (Å²) in [7, 11) is 0. The van der Waals surface area contributed by atoms with E-state index in [4.69, 9.17) is 0 Å². The van der Waals surface area contributed by atoms with Crippen LogP contribution in [0.25, 0.3) is 0 Å². The number of nitro groups is 1. The number of rotatable bonds is 5. The van der Waals surface area contributed by atoms with Crippen molar-refractivity contribution in [3.05, 3.63) is 39.4 Å². The van der Waals surface area contributed by atoms with Crippen LogP contribution in [0.5, 0.6) is 0 Å². The van der Waals surface area contributed by atoms with E-state index in [2.05, 4.69) is 21.2 Å². The summed E-state index contributed by atoms with van der Waals surface area (Å²) in [6, 6.07) is 0.930. The Morgan fingerprint density at radius 1 is 1.47 bits per heavy atom. The van der Waals surface area contributed by atoms with E-state index in [0.717, 1.165) is 0 Å². The van der Waals surface area contributed by atoms with Gasteiger partial charge >= 0.3 is 0 Å². The molecule has 0 saturated heterocycles. The van der Waals surface area contributed by atoms with E-state index in [9.17, 15) is 23.7 Å². The molecule has 1 aromatic rings. The van der Waals surface area contributed by atoms with Gasteiger partial charge in [0.2, 0.25) is 0 Å². The molecule has 1 aromatic carbocycles. The van der Waals surface area contributed by atoms with Gasteiger partial charge in [-0.1, -0.05) is 22.9 Å². The van der Waals surface area contributed by atoms with Crippen molar-refractivity contribution in [2.45, 2.75) is 6.92 Å². The van der Waals surface area contributed by atoms with Crippen LogP contribution in [0.3, 0.4) is 0 Å². The van der Waals surface area contributed by atoms with E-state index >= 15 is 0 Å². The van der Waals surface area contributed by atoms with Crippen LogP contribution >= 0.6 is 15.9 Å². The van der Waals surface area contributed by atoms with Gasteiger partial charge in [0.05, 0.1) is 11.0 Å². The zero-order valence-corrected chi connectivity index (χ0v) is 11.5. The third kappa shape index (κ3) is 3.95. The minimum Gasteiger partial charge on any atom is -0.352 e. The third-order valence-corrected chi connectivity index (χ3v) is 3.46. The quantitative estimate of drug-likeness (QED) is 0.510. The normalized spacial score (nSPS) is 12.0. The largest absolute Gasteiger partial charge is 0.352 e. The fourth-order valence-corrected chi connectivity index (χ4v) is 1.51. The van der Waals surface area contributed by atoms with Crippen molar-refractivity contribution in [3.8, 4) is 0 Å². The van der Waals surface area contributed by atoms with Crippen LogP contribution in [-0.4, -0.2) is 22.7 Å². The molecule has 1 rings (SSSR count). The van der Waals surface area contributed by atoms with Crippen molar-refractivity contribution in [1.82, 2.24) is 5.32 Å². The Balaban J connectivity index is 3.01. The number of alkyl halides is 1. The maximum Gasteiger partial charge on any atom is 0.285 e. The number of hydrogen-bond acceptors (Lipinski definition) is 3. The topological polar surface area (TPSA) is 72.2 Å². The molecule has 19 heavy (non-hydrogen) atoms. The Hall–Kier alpha value is -1.57. The van der Waals surface area contributed by atoms with Gasteiger partial charge in [-0.3, -0.25) is 14.9 Å². The molecule has 0 spiro atoms. The van der Waals surface area contributed by atoms with E-state index in [1.807, 2.05) is 6.92 Å². The van der Waals surface area contributed by atoms with Crippen LogP contribution in [-0.2, 0) is 0 Å². The maximum atomic E-state index is 13.1. The molecule has 0 heterocycles. The molecule has 104 valence electrons. The van der Waals surface area contributed by atoms with Crippen molar-refractivity contribution < 1.29 is 18.5 Å². The highest BCUT2D eigenvalue weighted by atomic mass is 79.9. The zero-order valence-electron chi connectivity index (χ0n) is 9.95. The molecule has 0 aliphatic heterocycles. The van der Waals surface area contributed by atoms with Gasteiger partial charge in [-0.2, -0.15) is 0 Å². The molecule has 1 N–H and O–H groups in total. The number of nitro benzene ring substituents is 1. The molecule has 0 aliphatic carbocycles.